The van der Waals surface area contributed by atoms with Gasteiger partial charge in [0.05, 0.1) is 6.61 Å². The largest absolute Gasteiger partial charge is 0.376 e. The van der Waals surface area contributed by atoms with E-state index < -0.39 is 4.33 Å². The van der Waals surface area contributed by atoms with Crippen molar-refractivity contribution in [3.05, 3.63) is 35.9 Å². The van der Waals surface area contributed by atoms with Crippen molar-refractivity contribution in [2.75, 3.05) is 6.61 Å². The third-order valence-corrected chi connectivity index (χ3v) is 3.93. The number of benzene rings is 1. The summed E-state index contributed by atoms with van der Waals surface area (Å²) in [7, 11) is 0. The van der Waals surface area contributed by atoms with Gasteiger partial charge in [-0.2, -0.15) is 0 Å². The van der Waals surface area contributed by atoms with E-state index in [4.69, 9.17) is 27.9 Å². The van der Waals surface area contributed by atoms with Gasteiger partial charge in [-0.1, -0.05) is 53.5 Å². The van der Waals surface area contributed by atoms with Gasteiger partial charge in [0.25, 0.3) is 0 Å². The van der Waals surface area contributed by atoms with Gasteiger partial charge >= 0.3 is 0 Å². The summed E-state index contributed by atoms with van der Waals surface area (Å²) in [5.74, 6) is 0.201. The van der Waals surface area contributed by atoms with Crippen molar-refractivity contribution in [1.82, 2.24) is 0 Å². The summed E-state index contributed by atoms with van der Waals surface area (Å²) in [4.78, 5) is 11.5. The van der Waals surface area contributed by atoms with Gasteiger partial charge in [0.15, 0.2) is 10.1 Å². The van der Waals surface area contributed by atoms with Crippen LogP contribution >= 0.6 is 23.2 Å². The molecule has 1 aliphatic rings. The average Bonchev–Trinajstić information content (AvgIpc) is 2.35. The first-order valence-electron chi connectivity index (χ1n) is 6.11. The van der Waals surface area contributed by atoms with Crippen LogP contribution in [-0.4, -0.2) is 16.7 Å². The van der Waals surface area contributed by atoms with Gasteiger partial charge in [0.2, 0.25) is 0 Å². The fourth-order valence-corrected chi connectivity index (χ4v) is 2.78. The van der Waals surface area contributed by atoms with Crippen LogP contribution in [0.15, 0.2) is 30.3 Å². The van der Waals surface area contributed by atoms with Crippen LogP contribution in [0.4, 0.5) is 0 Å². The van der Waals surface area contributed by atoms with Gasteiger partial charge in [0, 0.05) is 13.0 Å². The highest BCUT2D eigenvalue weighted by Crippen LogP contribution is 2.38. The number of rotatable bonds is 4. The second-order valence-electron chi connectivity index (χ2n) is 4.74. The Labute approximate surface area is 117 Å². The lowest BCUT2D eigenvalue weighted by Crippen LogP contribution is -2.35. The molecule has 0 aliphatic heterocycles. The van der Waals surface area contributed by atoms with Gasteiger partial charge in [-0.3, -0.25) is 4.79 Å². The Hall–Kier alpha value is -0.570. The van der Waals surface area contributed by atoms with Gasteiger partial charge < -0.3 is 4.74 Å². The van der Waals surface area contributed by atoms with E-state index in [1.165, 1.54) is 0 Å². The Morgan fingerprint density at radius 2 is 2.00 bits per heavy atom. The average molecular weight is 287 g/mol. The highest BCUT2D eigenvalue weighted by Gasteiger charge is 2.39. The summed E-state index contributed by atoms with van der Waals surface area (Å²) in [6.45, 7) is 1.19. The lowest BCUT2D eigenvalue weighted by molar-refractivity contribution is -0.122. The van der Waals surface area contributed by atoms with E-state index >= 15 is 0 Å². The van der Waals surface area contributed by atoms with Crippen molar-refractivity contribution >= 4 is 29.0 Å². The quantitative estimate of drug-likeness (QED) is 0.788. The smallest absolute Gasteiger partial charge is 0.176 e. The fourth-order valence-electron chi connectivity index (χ4n) is 2.16. The molecule has 4 heteroatoms. The minimum Gasteiger partial charge on any atom is -0.376 e. The molecule has 0 bridgehead atoms. The zero-order valence-corrected chi connectivity index (χ0v) is 11.6. The SMILES string of the molecule is O=C1CCC(COCc2ccccc2)CC1(Cl)Cl. The number of ketones is 1. The molecule has 0 N–H and O–H groups in total. The van der Waals surface area contributed by atoms with Crippen LogP contribution in [0.3, 0.4) is 0 Å². The Kier molecular flexibility index (Phi) is 4.66. The lowest BCUT2D eigenvalue weighted by atomic mass is 9.88. The zero-order chi connectivity index (χ0) is 13.0. The maximum absolute atomic E-state index is 11.5. The molecule has 0 amide bonds. The van der Waals surface area contributed by atoms with Gasteiger partial charge in [-0.25, -0.2) is 0 Å². The third-order valence-electron chi connectivity index (χ3n) is 3.20. The summed E-state index contributed by atoms with van der Waals surface area (Å²) >= 11 is 11.9. The molecule has 2 rings (SSSR count). The molecule has 1 saturated carbocycles. The molecule has 1 unspecified atom stereocenters. The second-order valence-corrected chi connectivity index (χ2v) is 6.22. The molecule has 0 radical (unpaired) electrons. The number of hydrogen-bond acceptors (Lipinski definition) is 2. The topological polar surface area (TPSA) is 26.3 Å². The van der Waals surface area contributed by atoms with E-state index in [-0.39, 0.29) is 11.7 Å². The van der Waals surface area contributed by atoms with Crippen molar-refractivity contribution < 1.29 is 9.53 Å². The molecule has 1 atom stereocenters. The first-order valence-corrected chi connectivity index (χ1v) is 6.86. The maximum atomic E-state index is 11.5. The van der Waals surface area contributed by atoms with Crippen molar-refractivity contribution in [3.8, 4) is 0 Å². The number of Topliss-reactive ketones (excluding diaryl/α,β-unsaturated/α-hetero) is 1. The molecule has 1 fully saturated rings. The molecule has 98 valence electrons. The van der Waals surface area contributed by atoms with Crippen LogP contribution < -0.4 is 0 Å². The molecule has 0 spiro atoms. The van der Waals surface area contributed by atoms with E-state index in [0.29, 0.717) is 26.1 Å². The summed E-state index contributed by atoms with van der Waals surface area (Å²) < 4.78 is 4.45. The second kappa shape index (κ2) is 6.05. The minimum atomic E-state index is -1.21. The predicted octanol–water partition coefficient (Wildman–Crippen LogP) is 3.75. The van der Waals surface area contributed by atoms with Gasteiger partial charge in [0.1, 0.15) is 0 Å². The Morgan fingerprint density at radius 3 is 2.67 bits per heavy atom. The first kappa shape index (κ1) is 13.9. The zero-order valence-electron chi connectivity index (χ0n) is 10.1. The number of carbonyl (C=O) groups excluding carboxylic acids is 1. The first-order chi connectivity index (χ1) is 8.58. The van der Waals surface area contributed by atoms with E-state index in [0.717, 1.165) is 12.0 Å². The molecule has 18 heavy (non-hydrogen) atoms. The fraction of sp³-hybridized carbons (Fsp3) is 0.500. The maximum Gasteiger partial charge on any atom is 0.176 e. The standard InChI is InChI=1S/C14H16Cl2O2/c15-14(16)8-12(6-7-13(14)17)10-18-9-11-4-2-1-3-5-11/h1-5,12H,6-10H2. The molecule has 2 nitrogen and oxygen atoms in total. The van der Waals surface area contributed by atoms with E-state index in [1.54, 1.807) is 0 Å². The lowest BCUT2D eigenvalue weighted by Gasteiger charge is -2.29. The molecule has 1 aromatic carbocycles. The molecular formula is C14H16Cl2O2. The molecular weight excluding hydrogens is 271 g/mol. The Bertz CT molecular complexity index is 404. The summed E-state index contributed by atoms with van der Waals surface area (Å²) in [6.07, 6.45) is 1.75. The molecule has 0 aromatic heterocycles. The van der Waals surface area contributed by atoms with Crippen LogP contribution in [-0.2, 0) is 16.1 Å². The number of alkyl halides is 2. The van der Waals surface area contributed by atoms with Crippen molar-refractivity contribution in [2.45, 2.75) is 30.2 Å². The Morgan fingerprint density at radius 1 is 1.28 bits per heavy atom. The monoisotopic (exact) mass is 286 g/mol. The molecule has 0 saturated heterocycles. The van der Waals surface area contributed by atoms with Crippen LogP contribution in [0.5, 0.6) is 0 Å². The van der Waals surface area contributed by atoms with E-state index in [9.17, 15) is 4.79 Å². The molecule has 1 aromatic rings. The highest BCUT2D eigenvalue weighted by atomic mass is 35.5. The summed E-state index contributed by atoms with van der Waals surface area (Å²) in [6, 6.07) is 10.0. The molecule has 1 aliphatic carbocycles. The normalized spacial score (nSPS) is 23.0. The van der Waals surface area contributed by atoms with E-state index in [2.05, 4.69) is 0 Å². The number of ether oxygens (including phenoxy) is 1. The summed E-state index contributed by atoms with van der Waals surface area (Å²) in [5.41, 5.74) is 1.15. The van der Waals surface area contributed by atoms with Crippen LogP contribution in [0.1, 0.15) is 24.8 Å². The highest BCUT2D eigenvalue weighted by molar-refractivity contribution is 6.58. The third kappa shape index (κ3) is 3.71. The summed E-state index contributed by atoms with van der Waals surface area (Å²) in [5, 5.41) is 0. The number of hydrogen-bond donors (Lipinski definition) is 0. The number of carbonyl (C=O) groups is 1. The molecule has 0 heterocycles. The minimum absolute atomic E-state index is 0.0647. The predicted molar refractivity (Wildman–Crippen MR) is 72.9 cm³/mol. The van der Waals surface area contributed by atoms with Crippen LogP contribution in [0, 0.1) is 5.92 Å². The van der Waals surface area contributed by atoms with Crippen molar-refractivity contribution in [3.63, 3.8) is 0 Å². The van der Waals surface area contributed by atoms with Crippen LogP contribution in [0.2, 0.25) is 0 Å². The Balaban J connectivity index is 1.76. The van der Waals surface area contributed by atoms with E-state index in [1.807, 2.05) is 30.3 Å². The van der Waals surface area contributed by atoms with Gasteiger partial charge in [-0.05, 0) is 24.3 Å². The van der Waals surface area contributed by atoms with Crippen molar-refractivity contribution in [1.29, 1.82) is 0 Å². The van der Waals surface area contributed by atoms with Gasteiger partial charge in [-0.15, -0.1) is 0 Å². The van der Waals surface area contributed by atoms with Crippen LogP contribution in [0.25, 0.3) is 0 Å². The number of halogens is 2. The van der Waals surface area contributed by atoms with Crippen molar-refractivity contribution in [2.24, 2.45) is 5.92 Å².